The molecule has 0 radical (unpaired) electrons. The molecule has 0 spiro atoms. The fourth-order valence-corrected chi connectivity index (χ4v) is 5.58. The summed E-state index contributed by atoms with van der Waals surface area (Å²) in [6.45, 7) is 5.45. The number of anilines is 2. The number of pyridine rings is 1. The van der Waals surface area contributed by atoms with Crippen molar-refractivity contribution in [1.29, 1.82) is 0 Å². The van der Waals surface area contributed by atoms with Crippen molar-refractivity contribution in [3.8, 4) is 0 Å². The van der Waals surface area contributed by atoms with E-state index >= 15 is 0 Å². The average molecular weight is 514 g/mol. The summed E-state index contributed by atoms with van der Waals surface area (Å²) in [6.07, 6.45) is -4.45. The summed E-state index contributed by atoms with van der Waals surface area (Å²) in [4.78, 5) is 15.0. The molecule has 34 heavy (non-hydrogen) atoms. The molecule has 7 nitrogen and oxygen atoms in total. The molecule has 12 heteroatoms. The summed E-state index contributed by atoms with van der Waals surface area (Å²) in [5.74, 6) is 0.857. The van der Waals surface area contributed by atoms with E-state index < -0.39 is 27.6 Å². The highest BCUT2D eigenvalue weighted by atomic mass is 35.5. The average Bonchev–Trinajstić information content (AvgIpc) is 2.72. The van der Waals surface area contributed by atoms with Gasteiger partial charge in [0.2, 0.25) is 0 Å². The zero-order valence-electron chi connectivity index (χ0n) is 18.7. The first-order valence-corrected chi connectivity index (χ1v) is 12.8. The molecule has 1 aliphatic heterocycles. The van der Waals surface area contributed by atoms with Crippen LogP contribution >= 0.6 is 11.6 Å². The van der Waals surface area contributed by atoms with Crippen molar-refractivity contribution in [1.82, 2.24) is 15.0 Å². The van der Waals surface area contributed by atoms with Crippen LogP contribution < -0.4 is 10.2 Å². The second-order valence-electron chi connectivity index (χ2n) is 8.31. The molecular weight excluding hydrogens is 491 g/mol. The molecule has 1 N–H and O–H groups in total. The molecule has 182 valence electrons. The van der Waals surface area contributed by atoms with E-state index in [2.05, 4.69) is 20.3 Å². The Hall–Kier alpha value is -2.66. The van der Waals surface area contributed by atoms with E-state index in [-0.39, 0.29) is 35.3 Å². The standard InChI is InChI=1S/C22H23ClF3N5O2S/c1-12-15(5-4-6-17(12)22(24,25)26)13(2)27-20-16-11-18(31-7-9-34(32,33)10-8-31)19(23)30-21(16)29-14(3)28-20/h4-6,11,13H,7-10H2,1-3H3,(H,27,28,29,30)/t13-/m1/s1. The van der Waals surface area contributed by atoms with E-state index in [0.29, 0.717) is 33.9 Å². The molecule has 3 heterocycles. The van der Waals surface area contributed by atoms with Crippen molar-refractivity contribution in [2.45, 2.75) is 33.0 Å². The molecule has 1 aromatic carbocycles. The Bertz CT molecular complexity index is 1350. The van der Waals surface area contributed by atoms with Crippen LogP contribution in [0.5, 0.6) is 0 Å². The van der Waals surface area contributed by atoms with Gasteiger partial charge < -0.3 is 10.2 Å². The normalized spacial score (nSPS) is 17.1. The number of aromatic nitrogens is 3. The van der Waals surface area contributed by atoms with Gasteiger partial charge in [0, 0.05) is 13.1 Å². The summed E-state index contributed by atoms with van der Waals surface area (Å²) in [5.41, 5.74) is 0.839. The van der Waals surface area contributed by atoms with E-state index in [1.54, 1.807) is 26.0 Å². The van der Waals surface area contributed by atoms with Crippen LogP contribution in [0, 0.1) is 13.8 Å². The van der Waals surface area contributed by atoms with Gasteiger partial charge >= 0.3 is 6.18 Å². The Morgan fingerprint density at radius 3 is 2.44 bits per heavy atom. The monoisotopic (exact) mass is 513 g/mol. The number of alkyl halides is 3. The summed E-state index contributed by atoms with van der Waals surface area (Å²) >= 11 is 6.41. The molecule has 1 fully saturated rings. The van der Waals surface area contributed by atoms with E-state index in [9.17, 15) is 21.6 Å². The predicted molar refractivity (Wildman–Crippen MR) is 126 cm³/mol. The lowest BCUT2D eigenvalue weighted by atomic mass is 9.97. The third-order valence-corrected chi connectivity index (χ3v) is 7.81. The highest BCUT2D eigenvalue weighted by Crippen LogP contribution is 2.36. The van der Waals surface area contributed by atoms with Crippen LogP contribution in [0.2, 0.25) is 5.15 Å². The van der Waals surface area contributed by atoms with Gasteiger partial charge in [0.15, 0.2) is 20.6 Å². The fourth-order valence-electron chi connectivity index (χ4n) is 4.13. The Labute approximate surface area is 200 Å². The highest BCUT2D eigenvalue weighted by molar-refractivity contribution is 7.91. The minimum Gasteiger partial charge on any atom is -0.367 e. The van der Waals surface area contributed by atoms with Gasteiger partial charge in [0.25, 0.3) is 0 Å². The molecule has 1 atom stereocenters. The van der Waals surface area contributed by atoms with Gasteiger partial charge in [0.05, 0.1) is 34.2 Å². The largest absolute Gasteiger partial charge is 0.416 e. The van der Waals surface area contributed by atoms with Crippen LogP contribution in [0.15, 0.2) is 24.3 Å². The topological polar surface area (TPSA) is 88.1 Å². The number of benzene rings is 1. The van der Waals surface area contributed by atoms with Gasteiger partial charge in [-0.3, -0.25) is 0 Å². The van der Waals surface area contributed by atoms with Crippen LogP contribution in [-0.2, 0) is 16.0 Å². The number of nitrogens with one attached hydrogen (secondary N) is 1. The first-order chi connectivity index (χ1) is 15.9. The minimum absolute atomic E-state index is 0.0166. The van der Waals surface area contributed by atoms with Gasteiger partial charge in [-0.25, -0.2) is 23.4 Å². The smallest absolute Gasteiger partial charge is 0.367 e. The maximum absolute atomic E-state index is 13.4. The number of aryl methyl sites for hydroxylation is 1. The van der Waals surface area contributed by atoms with E-state index in [0.717, 1.165) is 6.07 Å². The Morgan fingerprint density at radius 1 is 1.12 bits per heavy atom. The van der Waals surface area contributed by atoms with Gasteiger partial charge in [-0.1, -0.05) is 23.7 Å². The van der Waals surface area contributed by atoms with Crippen LogP contribution in [0.25, 0.3) is 11.0 Å². The third-order valence-electron chi connectivity index (χ3n) is 5.92. The van der Waals surface area contributed by atoms with Gasteiger partial charge in [-0.2, -0.15) is 13.2 Å². The zero-order chi connectivity index (χ0) is 24.8. The first-order valence-electron chi connectivity index (χ1n) is 10.6. The van der Waals surface area contributed by atoms with Gasteiger partial charge in [0.1, 0.15) is 11.6 Å². The molecule has 0 amide bonds. The molecular formula is C22H23ClF3N5O2S. The number of hydrogen-bond acceptors (Lipinski definition) is 7. The maximum atomic E-state index is 13.4. The third kappa shape index (κ3) is 4.90. The summed E-state index contributed by atoms with van der Waals surface area (Å²) in [6, 6.07) is 5.34. The van der Waals surface area contributed by atoms with Crippen molar-refractivity contribution in [2.24, 2.45) is 0 Å². The van der Waals surface area contributed by atoms with E-state index in [1.165, 1.54) is 13.0 Å². The quantitative estimate of drug-likeness (QED) is 0.505. The van der Waals surface area contributed by atoms with Crippen LogP contribution in [-0.4, -0.2) is 48.0 Å². The van der Waals surface area contributed by atoms with Gasteiger partial charge in [-0.05, 0) is 44.0 Å². The van der Waals surface area contributed by atoms with Crippen LogP contribution in [0.1, 0.15) is 35.5 Å². The Morgan fingerprint density at radius 2 is 1.79 bits per heavy atom. The number of fused-ring (bicyclic) bond motifs is 1. The molecule has 1 saturated heterocycles. The molecule has 0 aliphatic carbocycles. The summed E-state index contributed by atoms with van der Waals surface area (Å²) in [5, 5.41) is 3.94. The van der Waals surface area contributed by atoms with Crippen LogP contribution in [0.4, 0.5) is 24.7 Å². The number of hydrogen-bond donors (Lipinski definition) is 1. The molecule has 0 saturated carbocycles. The number of nitrogens with zero attached hydrogens (tertiary/aromatic N) is 4. The molecule has 2 aromatic heterocycles. The Balaban J connectivity index is 1.73. The predicted octanol–water partition coefficient (Wildman–Crippen LogP) is 4.72. The number of sulfone groups is 1. The SMILES string of the molecule is Cc1nc(N[C@H](C)c2cccc(C(F)(F)F)c2C)c2cc(N3CCS(=O)(=O)CC3)c(Cl)nc2n1. The van der Waals surface area contributed by atoms with Crippen molar-refractivity contribution in [3.63, 3.8) is 0 Å². The lowest BCUT2D eigenvalue weighted by molar-refractivity contribution is -0.138. The fraction of sp³-hybridized carbons (Fsp3) is 0.409. The van der Waals surface area contributed by atoms with Crippen molar-refractivity contribution in [2.75, 3.05) is 34.8 Å². The molecule has 0 bridgehead atoms. The summed E-state index contributed by atoms with van der Waals surface area (Å²) < 4.78 is 63.8. The Kier molecular flexibility index (Phi) is 6.36. The molecule has 1 aliphatic rings. The van der Waals surface area contributed by atoms with Crippen molar-refractivity contribution >= 4 is 44.0 Å². The van der Waals surface area contributed by atoms with Crippen molar-refractivity contribution < 1.29 is 21.6 Å². The second kappa shape index (κ2) is 8.84. The highest BCUT2D eigenvalue weighted by Gasteiger charge is 2.33. The maximum Gasteiger partial charge on any atom is 0.416 e. The molecule has 3 aromatic rings. The lowest BCUT2D eigenvalue weighted by Gasteiger charge is -2.29. The lowest BCUT2D eigenvalue weighted by Crippen LogP contribution is -2.40. The van der Waals surface area contributed by atoms with E-state index in [1.807, 2.05) is 4.90 Å². The zero-order valence-corrected chi connectivity index (χ0v) is 20.3. The first kappa shape index (κ1) is 24.5. The summed E-state index contributed by atoms with van der Waals surface area (Å²) in [7, 11) is -3.08. The number of halogens is 4. The molecule has 0 unspecified atom stereocenters. The second-order valence-corrected chi connectivity index (χ2v) is 11.0. The molecule has 4 rings (SSSR count). The van der Waals surface area contributed by atoms with Crippen LogP contribution in [0.3, 0.4) is 0 Å². The number of rotatable bonds is 4. The van der Waals surface area contributed by atoms with Gasteiger partial charge in [-0.15, -0.1) is 0 Å². The van der Waals surface area contributed by atoms with Crippen molar-refractivity contribution in [3.05, 3.63) is 51.9 Å². The minimum atomic E-state index is -4.45. The van der Waals surface area contributed by atoms with E-state index in [4.69, 9.17) is 11.6 Å².